The molecule has 0 spiro atoms. The van der Waals surface area contributed by atoms with Gasteiger partial charge in [-0.3, -0.25) is 19.2 Å². The first-order valence-corrected chi connectivity index (χ1v) is 10.6. The zero-order valence-electron chi connectivity index (χ0n) is 17.4. The lowest BCUT2D eigenvalue weighted by molar-refractivity contribution is -0.385. The lowest BCUT2D eigenvalue weighted by atomic mass is 10.1. The number of aryl methyl sites for hydroxylation is 2. The number of esters is 2. The van der Waals surface area contributed by atoms with Crippen molar-refractivity contribution in [3.05, 3.63) is 63.2 Å². The monoisotopic (exact) mass is 450 g/mol. The fraction of sp³-hybridized carbons (Fsp3) is 0.300. The van der Waals surface area contributed by atoms with Crippen LogP contribution in [0.3, 0.4) is 0 Å². The van der Waals surface area contributed by atoms with E-state index in [0.717, 1.165) is 10.4 Å². The van der Waals surface area contributed by atoms with Gasteiger partial charge in [0.15, 0.2) is 0 Å². The van der Waals surface area contributed by atoms with E-state index in [-0.39, 0.29) is 28.3 Å². The molecule has 10 nitrogen and oxygen atoms in total. The number of benzene rings is 2. The topological polar surface area (TPSA) is 133 Å². The molecule has 0 bridgehead atoms. The van der Waals surface area contributed by atoms with Crippen LogP contribution in [-0.2, 0) is 24.3 Å². The maximum absolute atomic E-state index is 13.6. The molecule has 0 aromatic heterocycles. The highest BCUT2D eigenvalue weighted by Gasteiger charge is 2.32. The second kappa shape index (κ2) is 9.56. The molecule has 2 rings (SSSR count). The Bertz CT molecular complexity index is 1130. The van der Waals surface area contributed by atoms with Crippen molar-refractivity contribution in [3.8, 4) is 0 Å². The predicted octanol–water partition coefficient (Wildman–Crippen LogP) is 2.76. The summed E-state index contributed by atoms with van der Waals surface area (Å²) in [6.07, 6.45) is 0. The summed E-state index contributed by atoms with van der Waals surface area (Å²) in [6, 6.07) is 7.68. The minimum absolute atomic E-state index is 0.0315. The van der Waals surface area contributed by atoms with Crippen molar-refractivity contribution in [2.24, 2.45) is 0 Å². The van der Waals surface area contributed by atoms with Gasteiger partial charge >= 0.3 is 11.9 Å². The van der Waals surface area contributed by atoms with Gasteiger partial charge in [-0.2, -0.15) is 0 Å². The number of hydrogen-bond donors (Lipinski definition) is 0. The summed E-state index contributed by atoms with van der Waals surface area (Å²) in [4.78, 5) is 34.3. The van der Waals surface area contributed by atoms with Gasteiger partial charge in [0.2, 0.25) is 0 Å². The van der Waals surface area contributed by atoms with Crippen molar-refractivity contribution in [1.82, 2.24) is 0 Å². The zero-order chi connectivity index (χ0) is 23.3. The number of sulfonamides is 1. The van der Waals surface area contributed by atoms with E-state index in [0.29, 0.717) is 5.56 Å². The van der Waals surface area contributed by atoms with E-state index in [1.54, 1.807) is 13.8 Å². The van der Waals surface area contributed by atoms with Crippen LogP contribution in [0.1, 0.15) is 28.4 Å². The van der Waals surface area contributed by atoms with E-state index in [9.17, 15) is 28.1 Å². The van der Waals surface area contributed by atoms with Crippen LogP contribution >= 0.6 is 0 Å². The Morgan fingerprint density at radius 2 is 1.74 bits per heavy atom. The molecule has 0 aliphatic rings. The first-order chi connectivity index (χ1) is 14.5. The third-order valence-corrected chi connectivity index (χ3v) is 6.33. The van der Waals surface area contributed by atoms with E-state index < -0.39 is 39.1 Å². The second-order valence-corrected chi connectivity index (χ2v) is 8.35. The van der Waals surface area contributed by atoms with E-state index in [2.05, 4.69) is 4.74 Å². The van der Waals surface area contributed by atoms with Gasteiger partial charge in [-0.15, -0.1) is 0 Å². The summed E-state index contributed by atoms with van der Waals surface area (Å²) < 4.78 is 37.5. The van der Waals surface area contributed by atoms with E-state index >= 15 is 0 Å². The van der Waals surface area contributed by atoms with Crippen LogP contribution in [0.4, 0.5) is 11.4 Å². The second-order valence-electron chi connectivity index (χ2n) is 6.52. The van der Waals surface area contributed by atoms with Gasteiger partial charge in [-0.1, -0.05) is 12.1 Å². The number of anilines is 1. The van der Waals surface area contributed by atoms with Crippen molar-refractivity contribution in [2.75, 3.05) is 24.6 Å². The van der Waals surface area contributed by atoms with Crippen LogP contribution in [0, 0.1) is 24.0 Å². The van der Waals surface area contributed by atoms with Gasteiger partial charge in [0.25, 0.3) is 15.7 Å². The standard InChI is InChI=1S/C20H22N2O8S/c1-5-30-19(23)12-21(17-10-15(20(24)29-4)8-6-13(17)2)31(27,28)18-11-16(22(25)26)9-7-14(18)3/h6-11H,5,12H2,1-4H3. The fourth-order valence-electron chi connectivity index (χ4n) is 2.85. The average Bonchev–Trinajstić information content (AvgIpc) is 2.72. The Morgan fingerprint density at radius 3 is 2.32 bits per heavy atom. The Kier molecular flexibility index (Phi) is 7.34. The maximum atomic E-state index is 13.6. The number of ether oxygens (including phenoxy) is 2. The number of nitro benzene ring substituents is 1. The van der Waals surface area contributed by atoms with Crippen molar-refractivity contribution in [3.63, 3.8) is 0 Å². The Balaban J connectivity index is 2.73. The Morgan fingerprint density at radius 1 is 1.10 bits per heavy atom. The summed E-state index contributed by atoms with van der Waals surface area (Å²) in [5.74, 6) is -1.52. The molecule has 0 fully saturated rings. The largest absolute Gasteiger partial charge is 0.465 e. The van der Waals surface area contributed by atoms with Crippen LogP contribution < -0.4 is 4.31 Å². The maximum Gasteiger partial charge on any atom is 0.337 e. The van der Waals surface area contributed by atoms with Gasteiger partial charge in [0, 0.05) is 12.1 Å². The number of rotatable bonds is 8. The van der Waals surface area contributed by atoms with Crippen LogP contribution in [-0.4, -0.2) is 45.5 Å². The first-order valence-electron chi connectivity index (χ1n) is 9.15. The lowest BCUT2D eigenvalue weighted by Crippen LogP contribution is -2.37. The van der Waals surface area contributed by atoms with Crippen molar-refractivity contribution < 1.29 is 32.4 Å². The number of nitrogens with zero attached hydrogens (tertiary/aromatic N) is 2. The number of methoxy groups -OCH3 is 1. The lowest BCUT2D eigenvalue weighted by Gasteiger charge is -2.26. The molecule has 2 aromatic carbocycles. The van der Waals surface area contributed by atoms with Crippen molar-refractivity contribution in [2.45, 2.75) is 25.7 Å². The Hall–Kier alpha value is -3.47. The molecule has 0 saturated heterocycles. The van der Waals surface area contributed by atoms with Crippen molar-refractivity contribution in [1.29, 1.82) is 0 Å². The minimum Gasteiger partial charge on any atom is -0.465 e. The normalized spacial score (nSPS) is 11.0. The third-order valence-electron chi connectivity index (χ3n) is 4.43. The highest BCUT2D eigenvalue weighted by atomic mass is 32.2. The molecule has 0 atom stereocenters. The fourth-order valence-corrected chi connectivity index (χ4v) is 4.56. The van der Waals surface area contributed by atoms with Crippen LogP contribution in [0.15, 0.2) is 41.3 Å². The molecule has 2 aromatic rings. The summed E-state index contributed by atoms with van der Waals surface area (Å²) in [5.41, 5.74) is 0.398. The Labute approximate surface area is 179 Å². The molecule has 0 N–H and O–H groups in total. The highest BCUT2D eigenvalue weighted by Crippen LogP contribution is 2.31. The summed E-state index contributed by atoms with van der Waals surface area (Å²) in [7, 11) is -3.27. The number of non-ortho nitro benzene ring substituents is 1. The van der Waals surface area contributed by atoms with Gasteiger partial charge < -0.3 is 9.47 Å². The average molecular weight is 450 g/mol. The molecule has 0 saturated carbocycles. The summed E-state index contributed by atoms with van der Waals surface area (Å²) >= 11 is 0. The van der Waals surface area contributed by atoms with Gasteiger partial charge in [-0.25, -0.2) is 13.2 Å². The van der Waals surface area contributed by atoms with Gasteiger partial charge in [0.05, 0.1) is 34.8 Å². The SMILES string of the molecule is CCOC(=O)CN(c1cc(C(=O)OC)ccc1C)S(=O)(=O)c1cc([N+](=O)[O-])ccc1C. The predicted molar refractivity (Wildman–Crippen MR) is 112 cm³/mol. The van der Waals surface area contributed by atoms with E-state index in [4.69, 9.17) is 4.74 Å². The third kappa shape index (κ3) is 5.18. The zero-order valence-corrected chi connectivity index (χ0v) is 18.3. The van der Waals surface area contributed by atoms with E-state index in [1.165, 1.54) is 44.4 Å². The molecule has 11 heteroatoms. The smallest absolute Gasteiger partial charge is 0.337 e. The number of hydrogen-bond acceptors (Lipinski definition) is 8. The van der Waals surface area contributed by atoms with Crippen LogP contribution in [0.5, 0.6) is 0 Å². The molecule has 0 amide bonds. The van der Waals surface area contributed by atoms with E-state index in [1.807, 2.05) is 0 Å². The molecule has 0 aliphatic heterocycles. The molecular formula is C20H22N2O8S. The molecule has 0 unspecified atom stereocenters. The molecule has 0 radical (unpaired) electrons. The molecule has 31 heavy (non-hydrogen) atoms. The quantitative estimate of drug-likeness (QED) is 0.340. The summed E-state index contributed by atoms with van der Waals surface area (Å²) in [5, 5.41) is 11.2. The number of carbonyl (C=O) groups is 2. The van der Waals surface area contributed by atoms with Gasteiger partial charge in [-0.05, 0) is 44.0 Å². The highest BCUT2D eigenvalue weighted by molar-refractivity contribution is 7.93. The van der Waals surface area contributed by atoms with Crippen molar-refractivity contribution >= 4 is 33.3 Å². The first kappa shape index (κ1) is 23.8. The molecule has 0 aliphatic carbocycles. The van der Waals surface area contributed by atoms with Crippen LogP contribution in [0.25, 0.3) is 0 Å². The van der Waals surface area contributed by atoms with Crippen LogP contribution in [0.2, 0.25) is 0 Å². The number of carbonyl (C=O) groups excluding carboxylic acids is 2. The molecule has 0 heterocycles. The molecule has 166 valence electrons. The minimum atomic E-state index is -4.45. The number of nitro groups is 1. The molecular weight excluding hydrogens is 428 g/mol. The summed E-state index contributed by atoms with van der Waals surface area (Å²) in [6.45, 7) is 4.00. The van der Waals surface area contributed by atoms with Gasteiger partial charge in [0.1, 0.15) is 6.54 Å².